The van der Waals surface area contributed by atoms with Crippen molar-refractivity contribution in [2.45, 2.75) is 0 Å². The first kappa shape index (κ1) is 31.8. The van der Waals surface area contributed by atoms with Crippen LogP contribution in [0.4, 0.5) is 11.6 Å². The molecule has 2 N–H and O–H groups in total. The summed E-state index contributed by atoms with van der Waals surface area (Å²) in [6.07, 6.45) is 0. The highest BCUT2D eigenvalue weighted by Gasteiger charge is 2.31. The van der Waals surface area contributed by atoms with Crippen molar-refractivity contribution in [3.05, 3.63) is 179 Å². The highest BCUT2D eigenvalue weighted by molar-refractivity contribution is 6.38. The van der Waals surface area contributed by atoms with Crippen molar-refractivity contribution < 1.29 is 5.48 Å². The van der Waals surface area contributed by atoms with Crippen LogP contribution in [-0.2, 0) is 0 Å². The quantitative estimate of drug-likeness (QED) is 0.139. The number of hydrogen-bond acceptors (Lipinski definition) is 6. The molecule has 6 bridgehead atoms. The zero-order valence-corrected chi connectivity index (χ0v) is 31.7. The van der Waals surface area contributed by atoms with Gasteiger partial charge < -0.3 is 12.6 Å². The summed E-state index contributed by atoms with van der Waals surface area (Å²) >= 11 is -0.776. The summed E-state index contributed by atoms with van der Waals surface area (Å²) in [5, 5.41) is 13.1. The summed E-state index contributed by atoms with van der Waals surface area (Å²) in [4.78, 5) is 32.7. The van der Waals surface area contributed by atoms with Gasteiger partial charge in [-0.05, 0) is 91.6 Å². The van der Waals surface area contributed by atoms with Gasteiger partial charge in [0.1, 0.15) is 22.6 Å². The number of amidine groups is 4. The van der Waals surface area contributed by atoms with Gasteiger partial charge in [0, 0.05) is 43.8 Å². The SMILES string of the molecule is O.c1ccc2cc3c(cc2c1)C1=NC3=Nc2c3cc4ccccc4cc3c3[n]2[Al][n]2c(c4cc5ccccc5cc4c2=NC2=NC(=N3)c3cc4ccccc4cc32)=N1. The third kappa shape index (κ3) is 4.28. The molecule has 58 heavy (non-hydrogen) atoms. The first-order valence-electron chi connectivity index (χ1n) is 19.0. The largest absolute Gasteiger partial charge is 0.568 e. The van der Waals surface area contributed by atoms with E-state index >= 15 is 0 Å². The summed E-state index contributed by atoms with van der Waals surface area (Å²) in [5.74, 6) is 4.21. The third-order valence-electron chi connectivity index (χ3n) is 11.9. The average molecular weight is 758 g/mol. The molecule has 10 aromatic rings. The minimum Gasteiger partial charge on any atom is -0.412 e. The number of benzene rings is 8. The molecule has 4 aliphatic rings. The molecule has 0 amide bonds. The van der Waals surface area contributed by atoms with Crippen molar-refractivity contribution in [3.63, 3.8) is 0 Å². The second-order valence-electron chi connectivity index (χ2n) is 15.1. The highest BCUT2D eigenvalue weighted by Crippen LogP contribution is 2.42. The molecular weight excluding hydrogens is 732 g/mol. The first-order chi connectivity index (χ1) is 28.2. The van der Waals surface area contributed by atoms with E-state index in [1.54, 1.807) is 0 Å². The van der Waals surface area contributed by atoms with E-state index in [1.165, 1.54) is 0 Å². The number of hydrogen-bond donors (Lipinski definition) is 0. The van der Waals surface area contributed by atoms with Crippen LogP contribution in [0.5, 0.6) is 0 Å². The van der Waals surface area contributed by atoms with Gasteiger partial charge in [0.2, 0.25) is 0 Å². The molecule has 0 atom stereocenters. The van der Waals surface area contributed by atoms with E-state index in [-0.39, 0.29) is 5.48 Å². The van der Waals surface area contributed by atoms with Gasteiger partial charge in [-0.3, -0.25) is 0 Å². The van der Waals surface area contributed by atoms with Gasteiger partial charge in [-0.2, -0.15) is 0 Å². The summed E-state index contributed by atoms with van der Waals surface area (Å²) in [5.41, 5.74) is 5.48. The van der Waals surface area contributed by atoms with Crippen molar-refractivity contribution in [1.29, 1.82) is 0 Å². The van der Waals surface area contributed by atoms with Crippen molar-refractivity contribution in [1.82, 2.24) is 7.10 Å². The van der Waals surface area contributed by atoms with Crippen LogP contribution < -0.4 is 11.0 Å². The Hall–Kier alpha value is -7.35. The molecule has 6 heterocycles. The summed E-state index contributed by atoms with van der Waals surface area (Å²) in [7, 11) is 0. The topological polar surface area (TPSA) is 116 Å². The van der Waals surface area contributed by atoms with Gasteiger partial charge in [-0.15, -0.1) is 0 Å². The van der Waals surface area contributed by atoms with Crippen molar-refractivity contribution >= 4 is 115 Å². The Balaban J connectivity index is 0.00000350. The summed E-state index contributed by atoms with van der Waals surface area (Å²) in [6.45, 7) is 0. The van der Waals surface area contributed by atoms with Gasteiger partial charge in [0.05, 0.1) is 0 Å². The van der Waals surface area contributed by atoms with E-state index in [2.05, 4.69) is 153 Å². The van der Waals surface area contributed by atoms with E-state index in [9.17, 15) is 0 Å². The monoisotopic (exact) mass is 757 g/mol. The second-order valence-corrected chi connectivity index (χ2v) is 16.4. The lowest BCUT2D eigenvalue weighted by Gasteiger charge is -2.11. The fourth-order valence-electron chi connectivity index (χ4n) is 9.14. The van der Waals surface area contributed by atoms with Crippen molar-refractivity contribution in [2.75, 3.05) is 0 Å². The average Bonchev–Trinajstić information content (AvgIpc) is 3.93. The van der Waals surface area contributed by atoms with Crippen molar-refractivity contribution in [3.8, 4) is 0 Å². The smallest absolute Gasteiger partial charge is 0.412 e. The molecule has 1 radical (unpaired) electrons. The Morgan fingerprint density at radius 2 is 0.603 bits per heavy atom. The lowest BCUT2D eigenvalue weighted by atomic mass is 10.0. The molecule has 8 aromatic carbocycles. The van der Waals surface area contributed by atoms with Gasteiger partial charge in [-0.1, -0.05) is 97.1 Å². The van der Waals surface area contributed by atoms with E-state index in [0.717, 1.165) is 109 Å². The lowest BCUT2D eigenvalue weighted by Crippen LogP contribution is -2.36. The van der Waals surface area contributed by atoms with Crippen LogP contribution in [-0.4, -0.2) is 51.6 Å². The van der Waals surface area contributed by atoms with E-state index in [1.807, 2.05) is 0 Å². The molecule has 0 aliphatic carbocycles. The van der Waals surface area contributed by atoms with Crippen LogP contribution >= 0.6 is 0 Å². The maximum atomic E-state index is 5.54. The van der Waals surface area contributed by atoms with Crippen LogP contribution in [0.1, 0.15) is 22.3 Å². The number of aliphatic imine (C=N–C) groups is 4. The summed E-state index contributed by atoms with van der Waals surface area (Å²) in [6, 6.07) is 51.8. The second kappa shape index (κ2) is 11.4. The fraction of sp³-hybridized carbons (Fsp3) is 0. The molecule has 14 rings (SSSR count). The Morgan fingerprint density at radius 1 is 0.310 bits per heavy atom. The minimum atomic E-state index is -0.776. The van der Waals surface area contributed by atoms with Crippen LogP contribution in [0.2, 0.25) is 0 Å². The normalized spacial score (nSPS) is 14.6. The van der Waals surface area contributed by atoms with E-state index in [0.29, 0.717) is 23.3 Å². The molecular formula is C48H26AlN8O. The fourth-order valence-corrected chi connectivity index (χ4v) is 10.6. The maximum absolute atomic E-state index is 5.54. The Kier molecular flexibility index (Phi) is 6.24. The third-order valence-corrected chi connectivity index (χ3v) is 13.3. The zero-order valence-electron chi connectivity index (χ0n) is 30.5. The molecule has 4 aliphatic heterocycles. The number of rotatable bonds is 0. The molecule has 2 aromatic heterocycles. The molecule has 0 fully saturated rings. The number of aromatic nitrogens is 2. The lowest BCUT2D eigenvalue weighted by molar-refractivity contribution is 0.824. The molecule has 0 saturated carbocycles. The van der Waals surface area contributed by atoms with Crippen LogP contribution in [0, 0.1) is 0 Å². The van der Waals surface area contributed by atoms with Gasteiger partial charge in [-0.25, -0.2) is 30.0 Å². The summed E-state index contributed by atoms with van der Waals surface area (Å²) < 4.78 is 4.61. The van der Waals surface area contributed by atoms with Gasteiger partial charge in [0.25, 0.3) is 0 Å². The Morgan fingerprint density at radius 3 is 0.948 bits per heavy atom. The van der Waals surface area contributed by atoms with Crippen LogP contribution in [0.3, 0.4) is 0 Å². The van der Waals surface area contributed by atoms with Gasteiger partial charge >= 0.3 is 15.7 Å². The minimum absolute atomic E-state index is 0. The first-order valence-corrected chi connectivity index (χ1v) is 20.1. The molecule has 0 spiro atoms. The molecule has 0 unspecified atom stereocenters. The van der Waals surface area contributed by atoms with E-state index < -0.39 is 15.7 Å². The molecule has 267 valence electrons. The predicted molar refractivity (Wildman–Crippen MR) is 235 cm³/mol. The molecule has 10 heteroatoms. The zero-order chi connectivity index (χ0) is 36.9. The Bertz CT molecular complexity index is 3610. The molecule has 9 nitrogen and oxygen atoms in total. The number of nitrogens with zero attached hydrogens (tertiary/aromatic N) is 8. The van der Waals surface area contributed by atoms with Crippen molar-refractivity contribution in [2.24, 2.45) is 30.0 Å². The highest BCUT2D eigenvalue weighted by atomic mass is 27.1. The van der Waals surface area contributed by atoms with Gasteiger partial charge in [0.15, 0.2) is 23.3 Å². The molecule has 0 saturated heterocycles. The van der Waals surface area contributed by atoms with E-state index in [4.69, 9.17) is 30.0 Å². The standard InChI is InChI=1S/C48H24N8.Al.H2O/c1-2-10-26-18-34-33(17-25(26)9-1)41-49-42(34)54-44-37-21-29-13-5-6-14-30(29)22-38(37)46(51-44)56-48-40-24-32-16-8-7-15-31(32)23-39(40)47(52-48)55-45-36-20-28-12-4-3-11-27(28)19-35(36)43(50-45)53-41;;/h1-24H;;1H2/q-2;+2;. The Labute approximate surface area is 335 Å². The van der Waals surface area contributed by atoms with Crippen LogP contribution in [0.25, 0.3) is 64.6 Å². The van der Waals surface area contributed by atoms with Crippen LogP contribution in [0.15, 0.2) is 176 Å². The number of fused-ring (bicyclic) bond motifs is 18. The predicted octanol–water partition coefficient (Wildman–Crippen LogP) is 8.26. The maximum Gasteiger partial charge on any atom is 0.568 e.